The fourth-order valence-corrected chi connectivity index (χ4v) is 2.80. The molecule has 0 bridgehead atoms. The Bertz CT molecular complexity index is 312. The summed E-state index contributed by atoms with van der Waals surface area (Å²) in [6.07, 6.45) is 2.23. The molecule has 0 fully saturated rings. The lowest BCUT2D eigenvalue weighted by molar-refractivity contribution is 0.402. The predicted molar refractivity (Wildman–Crippen MR) is 68.5 cm³/mol. The number of para-hydroxylation sites is 1. The van der Waals surface area contributed by atoms with Crippen LogP contribution in [0, 0.1) is 0 Å². The third kappa shape index (κ3) is 4.06. The molecule has 0 radical (unpaired) electrons. The van der Waals surface area contributed by atoms with E-state index in [1.807, 2.05) is 25.3 Å². The molecule has 15 heavy (non-hydrogen) atoms. The second kappa shape index (κ2) is 5.33. The minimum atomic E-state index is -1.39. The molecule has 0 aliphatic rings. The molecule has 0 amide bonds. The van der Waals surface area contributed by atoms with Crippen molar-refractivity contribution in [3.8, 4) is 0 Å². The molecule has 1 aromatic rings. The van der Waals surface area contributed by atoms with Crippen LogP contribution in [-0.4, -0.2) is 15.4 Å². The van der Waals surface area contributed by atoms with Crippen molar-refractivity contribution in [3.05, 3.63) is 29.8 Å². The van der Waals surface area contributed by atoms with Gasteiger partial charge in [-0.3, -0.25) is 0 Å². The van der Waals surface area contributed by atoms with Gasteiger partial charge in [0.1, 0.15) is 0 Å². The molecule has 0 unspecified atom stereocenters. The van der Waals surface area contributed by atoms with Gasteiger partial charge < -0.3 is 10.2 Å². The Kier molecular flexibility index (Phi) is 4.36. The Morgan fingerprint density at radius 3 is 2.53 bits per heavy atom. The lowest BCUT2D eigenvalue weighted by Gasteiger charge is -2.19. The first-order valence-electron chi connectivity index (χ1n) is 5.44. The summed E-state index contributed by atoms with van der Waals surface area (Å²) >= 11 is 0. The van der Waals surface area contributed by atoms with Crippen LogP contribution in [0.3, 0.4) is 0 Å². The zero-order valence-electron chi connectivity index (χ0n) is 9.92. The molecule has 0 aliphatic heterocycles. The number of benzene rings is 1. The smallest absolute Gasteiger partial charge is 0.186 e. The maximum Gasteiger partial charge on any atom is 0.186 e. The number of anilines is 1. The van der Waals surface area contributed by atoms with Crippen LogP contribution >= 0.6 is 0 Å². The second-order valence-electron chi connectivity index (χ2n) is 4.52. The van der Waals surface area contributed by atoms with E-state index in [-0.39, 0.29) is 0 Å². The molecule has 0 spiro atoms. The average Bonchev–Trinajstić information content (AvgIpc) is 2.21. The summed E-state index contributed by atoms with van der Waals surface area (Å²) in [6, 6.07) is 9.29. The average molecular weight is 223 g/mol. The van der Waals surface area contributed by atoms with Crippen LogP contribution in [0.15, 0.2) is 24.3 Å². The summed E-state index contributed by atoms with van der Waals surface area (Å²) in [4.78, 5) is 0. The molecule has 1 rings (SSSR count). The summed E-state index contributed by atoms with van der Waals surface area (Å²) in [5, 5.41) is 0. The van der Waals surface area contributed by atoms with Gasteiger partial charge in [0.2, 0.25) is 0 Å². The summed E-state index contributed by atoms with van der Waals surface area (Å²) < 4.78 is 5.51. The molecule has 0 heterocycles. The van der Waals surface area contributed by atoms with Gasteiger partial charge in [0.05, 0.1) is 0 Å². The largest absolute Gasteiger partial charge is 0.420 e. The first-order chi connectivity index (χ1) is 7.05. The molecular formula is C12H21NOSi. The maximum absolute atomic E-state index is 5.88. The van der Waals surface area contributed by atoms with Crippen LogP contribution in [0.25, 0.3) is 0 Å². The molecule has 0 saturated heterocycles. The fraction of sp³-hybridized carbons (Fsp3) is 0.500. The highest BCUT2D eigenvalue weighted by Crippen LogP contribution is 2.18. The number of rotatable bonds is 5. The van der Waals surface area contributed by atoms with Crippen molar-refractivity contribution in [1.82, 2.24) is 0 Å². The van der Waals surface area contributed by atoms with Crippen molar-refractivity contribution in [2.45, 2.75) is 32.0 Å². The highest BCUT2D eigenvalue weighted by molar-refractivity contribution is 6.71. The Morgan fingerprint density at radius 2 is 1.93 bits per heavy atom. The summed E-state index contributed by atoms with van der Waals surface area (Å²) in [5.41, 5.74) is 8.06. The van der Waals surface area contributed by atoms with Gasteiger partial charge in [-0.05, 0) is 43.6 Å². The second-order valence-corrected chi connectivity index (χ2v) is 8.94. The lowest BCUT2D eigenvalue weighted by atomic mass is 10.1. The molecule has 3 heteroatoms. The van der Waals surface area contributed by atoms with Gasteiger partial charge in [0.15, 0.2) is 8.32 Å². The zero-order valence-corrected chi connectivity index (χ0v) is 10.9. The van der Waals surface area contributed by atoms with Crippen LogP contribution < -0.4 is 5.73 Å². The van der Waals surface area contributed by atoms with E-state index in [9.17, 15) is 0 Å². The standard InChI is InChI=1S/C12H21NOSi/c1-14-15(2,3)10-6-8-11-7-4-5-9-12(11)13/h4-5,7,9H,6,8,10,13H2,1-3H3. The van der Waals surface area contributed by atoms with Crippen molar-refractivity contribution >= 4 is 14.0 Å². The minimum absolute atomic E-state index is 0.911. The molecule has 2 nitrogen and oxygen atoms in total. The molecule has 84 valence electrons. The van der Waals surface area contributed by atoms with Gasteiger partial charge in [-0.1, -0.05) is 18.2 Å². The van der Waals surface area contributed by atoms with E-state index in [0.717, 1.165) is 12.1 Å². The van der Waals surface area contributed by atoms with Gasteiger partial charge in [0, 0.05) is 12.8 Å². The van der Waals surface area contributed by atoms with E-state index in [1.54, 1.807) is 0 Å². The van der Waals surface area contributed by atoms with Gasteiger partial charge in [-0.15, -0.1) is 0 Å². The van der Waals surface area contributed by atoms with Crippen LogP contribution in [-0.2, 0) is 10.8 Å². The van der Waals surface area contributed by atoms with E-state index in [4.69, 9.17) is 10.2 Å². The van der Waals surface area contributed by atoms with Crippen molar-refractivity contribution in [3.63, 3.8) is 0 Å². The van der Waals surface area contributed by atoms with E-state index in [0.29, 0.717) is 0 Å². The molecule has 0 aliphatic carbocycles. The maximum atomic E-state index is 5.88. The van der Waals surface area contributed by atoms with Crippen molar-refractivity contribution in [1.29, 1.82) is 0 Å². The van der Waals surface area contributed by atoms with Gasteiger partial charge in [0.25, 0.3) is 0 Å². The third-order valence-electron chi connectivity index (χ3n) is 2.83. The van der Waals surface area contributed by atoms with Crippen LogP contribution in [0.4, 0.5) is 5.69 Å². The topological polar surface area (TPSA) is 35.2 Å². The highest BCUT2D eigenvalue weighted by atomic mass is 28.4. The Labute approximate surface area is 93.6 Å². The van der Waals surface area contributed by atoms with E-state index in [2.05, 4.69) is 19.2 Å². The normalized spacial score (nSPS) is 11.7. The number of hydrogen-bond donors (Lipinski definition) is 1. The van der Waals surface area contributed by atoms with Crippen LogP contribution in [0.2, 0.25) is 19.1 Å². The van der Waals surface area contributed by atoms with Crippen molar-refractivity contribution in [2.75, 3.05) is 12.8 Å². The first kappa shape index (κ1) is 12.3. The molecule has 0 aromatic heterocycles. The predicted octanol–water partition coefficient (Wildman–Crippen LogP) is 3.05. The monoisotopic (exact) mass is 223 g/mol. The highest BCUT2D eigenvalue weighted by Gasteiger charge is 2.19. The Hall–Kier alpha value is -0.803. The summed E-state index contributed by atoms with van der Waals surface area (Å²) in [5.74, 6) is 0. The van der Waals surface area contributed by atoms with Gasteiger partial charge in [-0.25, -0.2) is 0 Å². The van der Waals surface area contributed by atoms with Gasteiger partial charge >= 0.3 is 0 Å². The molecule has 1 aromatic carbocycles. The summed E-state index contributed by atoms with van der Waals surface area (Å²) in [7, 11) is 0.433. The lowest BCUT2D eigenvalue weighted by Crippen LogP contribution is -2.28. The van der Waals surface area contributed by atoms with Crippen molar-refractivity contribution < 1.29 is 4.43 Å². The van der Waals surface area contributed by atoms with E-state index in [1.165, 1.54) is 18.0 Å². The van der Waals surface area contributed by atoms with Crippen LogP contribution in [0.1, 0.15) is 12.0 Å². The van der Waals surface area contributed by atoms with Crippen LogP contribution in [0.5, 0.6) is 0 Å². The zero-order chi connectivity index (χ0) is 11.3. The Balaban J connectivity index is 2.42. The molecular weight excluding hydrogens is 202 g/mol. The van der Waals surface area contributed by atoms with E-state index < -0.39 is 8.32 Å². The first-order valence-corrected chi connectivity index (χ1v) is 8.55. The molecule has 2 N–H and O–H groups in total. The SMILES string of the molecule is CO[Si](C)(C)CCCc1ccccc1N. The van der Waals surface area contributed by atoms with E-state index >= 15 is 0 Å². The van der Waals surface area contributed by atoms with Gasteiger partial charge in [-0.2, -0.15) is 0 Å². The number of nitrogens with two attached hydrogens (primary N) is 1. The number of nitrogen functional groups attached to an aromatic ring is 1. The number of hydrogen-bond acceptors (Lipinski definition) is 2. The fourth-order valence-electron chi connectivity index (χ4n) is 1.57. The van der Waals surface area contributed by atoms with Crippen molar-refractivity contribution in [2.24, 2.45) is 0 Å². The Morgan fingerprint density at radius 1 is 1.27 bits per heavy atom. The third-order valence-corrected chi connectivity index (χ3v) is 5.50. The number of aryl methyl sites for hydroxylation is 1. The molecule has 0 saturated carbocycles. The summed E-state index contributed by atoms with van der Waals surface area (Å²) in [6.45, 7) is 4.50. The molecule has 0 atom stereocenters. The quantitative estimate of drug-likeness (QED) is 0.615. The minimum Gasteiger partial charge on any atom is -0.420 e.